The molecule has 0 saturated carbocycles. The standard InChI is InChI=1S/C17H14Cl2N2O4/c18-12-6-7-13(14(19)8-12)16(23)25-10-15(22)21-17(24)20-9-11-4-2-1-3-5-11/h1-8H,9-10H2,(H2,20,21,22,24). The second-order valence-corrected chi connectivity index (χ2v) is 5.76. The number of benzene rings is 2. The molecule has 0 spiro atoms. The van der Waals surface area contributed by atoms with E-state index in [0.29, 0.717) is 5.02 Å². The van der Waals surface area contributed by atoms with E-state index < -0.39 is 24.5 Å². The third-order valence-corrected chi connectivity index (χ3v) is 3.58. The van der Waals surface area contributed by atoms with Crippen molar-refractivity contribution in [1.82, 2.24) is 10.6 Å². The van der Waals surface area contributed by atoms with Crippen molar-refractivity contribution >= 4 is 41.1 Å². The molecule has 0 unspecified atom stereocenters. The molecule has 2 aromatic carbocycles. The van der Waals surface area contributed by atoms with Gasteiger partial charge < -0.3 is 10.1 Å². The maximum atomic E-state index is 11.8. The lowest BCUT2D eigenvalue weighted by Crippen LogP contribution is -2.41. The summed E-state index contributed by atoms with van der Waals surface area (Å²) < 4.78 is 4.82. The van der Waals surface area contributed by atoms with E-state index in [2.05, 4.69) is 10.6 Å². The van der Waals surface area contributed by atoms with Crippen molar-refractivity contribution in [2.75, 3.05) is 6.61 Å². The summed E-state index contributed by atoms with van der Waals surface area (Å²) in [5.41, 5.74) is 0.960. The van der Waals surface area contributed by atoms with E-state index in [1.54, 1.807) is 0 Å². The molecule has 6 nitrogen and oxygen atoms in total. The van der Waals surface area contributed by atoms with Gasteiger partial charge in [-0.3, -0.25) is 10.1 Å². The largest absolute Gasteiger partial charge is 0.452 e. The number of hydrogen-bond donors (Lipinski definition) is 2. The molecule has 2 aromatic rings. The van der Waals surface area contributed by atoms with Crippen molar-refractivity contribution in [2.45, 2.75) is 6.54 Å². The average Bonchev–Trinajstić information content (AvgIpc) is 2.59. The van der Waals surface area contributed by atoms with Crippen LogP contribution in [0.25, 0.3) is 0 Å². The number of urea groups is 1. The normalized spacial score (nSPS) is 10.0. The third kappa shape index (κ3) is 6.10. The van der Waals surface area contributed by atoms with Gasteiger partial charge in [-0.25, -0.2) is 9.59 Å². The summed E-state index contributed by atoms with van der Waals surface area (Å²) in [7, 11) is 0. The molecular weight excluding hydrogens is 367 g/mol. The molecule has 0 fully saturated rings. The summed E-state index contributed by atoms with van der Waals surface area (Å²) in [4.78, 5) is 35.1. The van der Waals surface area contributed by atoms with E-state index in [0.717, 1.165) is 5.56 Å². The summed E-state index contributed by atoms with van der Waals surface area (Å²) in [6.45, 7) is -0.351. The van der Waals surface area contributed by atoms with Gasteiger partial charge in [0.25, 0.3) is 5.91 Å². The SMILES string of the molecule is O=C(COC(=O)c1ccc(Cl)cc1Cl)NC(=O)NCc1ccccc1. The number of rotatable bonds is 5. The Labute approximate surface area is 154 Å². The number of halogens is 2. The molecule has 130 valence electrons. The van der Waals surface area contributed by atoms with Gasteiger partial charge in [-0.2, -0.15) is 0 Å². The van der Waals surface area contributed by atoms with E-state index in [4.69, 9.17) is 27.9 Å². The highest BCUT2D eigenvalue weighted by molar-refractivity contribution is 6.36. The van der Waals surface area contributed by atoms with Crippen LogP contribution in [0.3, 0.4) is 0 Å². The molecule has 0 aliphatic rings. The number of ether oxygens (including phenoxy) is 1. The Morgan fingerprint density at radius 1 is 1.00 bits per heavy atom. The van der Waals surface area contributed by atoms with E-state index in [1.807, 2.05) is 30.3 Å². The second kappa shape index (κ2) is 9.05. The van der Waals surface area contributed by atoms with Gasteiger partial charge in [0.1, 0.15) is 0 Å². The minimum Gasteiger partial charge on any atom is -0.452 e. The smallest absolute Gasteiger partial charge is 0.340 e. The fraction of sp³-hybridized carbons (Fsp3) is 0.118. The zero-order valence-corrected chi connectivity index (χ0v) is 14.4. The molecule has 0 saturated heterocycles. The van der Waals surface area contributed by atoms with Gasteiger partial charge >= 0.3 is 12.0 Å². The number of imide groups is 1. The van der Waals surface area contributed by atoms with Crippen LogP contribution < -0.4 is 10.6 Å². The van der Waals surface area contributed by atoms with Gasteiger partial charge in [-0.1, -0.05) is 53.5 Å². The molecule has 0 aliphatic carbocycles. The molecule has 2 rings (SSSR count). The molecule has 2 N–H and O–H groups in total. The van der Waals surface area contributed by atoms with Crippen LogP contribution in [0.4, 0.5) is 4.79 Å². The Bertz CT molecular complexity index is 781. The maximum Gasteiger partial charge on any atom is 0.340 e. The lowest BCUT2D eigenvalue weighted by Gasteiger charge is -2.08. The molecule has 0 bridgehead atoms. The molecular formula is C17H14Cl2N2O4. The third-order valence-electron chi connectivity index (χ3n) is 3.03. The van der Waals surface area contributed by atoms with E-state index in [1.165, 1.54) is 18.2 Å². The van der Waals surface area contributed by atoms with E-state index >= 15 is 0 Å². The highest BCUT2D eigenvalue weighted by atomic mass is 35.5. The highest BCUT2D eigenvalue weighted by Crippen LogP contribution is 2.21. The Balaban J connectivity index is 1.76. The molecule has 8 heteroatoms. The fourth-order valence-corrected chi connectivity index (χ4v) is 2.33. The number of carbonyl (C=O) groups excluding carboxylic acids is 3. The van der Waals surface area contributed by atoms with Gasteiger partial charge in [0.15, 0.2) is 6.61 Å². The quantitative estimate of drug-likeness (QED) is 0.780. The molecule has 0 heterocycles. The number of esters is 1. The molecule has 0 radical (unpaired) electrons. The van der Waals surface area contributed by atoms with Gasteiger partial charge in [-0.05, 0) is 23.8 Å². The van der Waals surface area contributed by atoms with Crippen molar-refractivity contribution in [3.8, 4) is 0 Å². The summed E-state index contributed by atoms with van der Waals surface area (Å²) in [5.74, 6) is -1.55. The zero-order valence-electron chi connectivity index (χ0n) is 12.9. The molecule has 3 amide bonds. The minimum atomic E-state index is -0.790. The summed E-state index contributed by atoms with van der Waals surface area (Å²) >= 11 is 11.6. The summed E-state index contributed by atoms with van der Waals surface area (Å²) in [6.07, 6.45) is 0. The van der Waals surface area contributed by atoms with Crippen LogP contribution in [0.15, 0.2) is 48.5 Å². The lowest BCUT2D eigenvalue weighted by atomic mass is 10.2. The minimum absolute atomic E-state index is 0.0763. The first-order chi connectivity index (χ1) is 12.0. The number of amides is 3. The number of nitrogens with one attached hydrogen (secondary N) is 2. The second-order valence-electron chi connectivity index (χ2n) is 4.92. The zero-order chi connectivity index (χ0) is 18.2. The summed E-state index contributed by atoms with van der Waals surface area (Å²) in [6, 6.07) is 12.8. The monoisotopic (exact) mass is 380 g/mol. The van der Waals surface area contributed by atoms with Crippen molar-refractivity contribution in [3.05, 3.63) is 69.7 Å². The van der Waals surface area contributed by atoms with Crippen molar-refractivity contribution in [2.24, 2.45) is 0 Å². The van der Waals surface area contributed by atoms with Crippen LogP contribution in [0.1, 0.15) is 15.9 Å². The lowest BCUT2D eigenvalue weighted by molar-refractivity contribution is -0.123. The van der Waals surface area contributed by atoms with Crippen LogP contribution in [-0.4, -0.2) is 24.5 Å². The topological polar surface area (TPSA) is 84.5 Å². The Morgan fingerprint density at radius 2 is 1.72 bits per heavy atom. The predicted molar refractivity (Wildman–Crippen MR) is 93.6 cm³/mol. The van der Waals surface area contributed by atoms with Crippen LogP contribution in [-0.2, 0) is 16.1 Å². The number of hydrogen-bond acceptors (Lipinski definition) is 4. The molecule has 0 atom stereocenters. The van der Waals surface area contributed by atoms with Crippen LogP contribution >= 0.6 is 23.2 Å². The van der Waals surface area contributed by atoms with Crippen LogP contribution in [0, 0.1) is 0 Å². The van der Waals surface area contributed by atoms with Crippen molar-refractivity contribution in [3.63, 3.8) is 0 Å². The number of carbonyl (C=O) groups is 3. The van der Waals surface area contributed by atoms with Crippen molar-refractivity contribution < 1.29 is 19.1 Å². The average molecular weight is 381 g/mol. The Hall–Kier alpha value is -2.57. The Kier molecular flexibility index (Phi) is 6.80. The molecule has 0 aliphatic heterocycles. The van der Waals surface area contributed by atoms with E-state index in [-0.39, 0.29) is 17.1 Å². The highest BCUT2D eigenvalue weighted by Gasteiger charge is 2.15. The first-order valence-corrected chi connectivity index (χ1v) is 7.95. The maximum absolute atomic E-state index is 11.8. The van der Waals surface area contributed by atoms with Crippen molar-refractivity contribution in [1.29, 1.82) is 0 Å². The molecule has 25 heavy (non-hydrogen) atoms. The van der Waals surface area contributed by atoms with Crippen LogP contribution in [0.5, 0.6) is 0 Å². The van der Waals surface area contributed by atoms with Gasteiger partial charge in [0.05, 0.1) is 10.6 Å². The predicted octanol–water partition coefficient (Wildman–Crippen LogP) is 3.18. The molecule has 0 aromatic heterocycles. The van der Waals surface area contributed by atoms with Crippen LogP contribution in [0.2, 0.25) is 10.0 Å². The summed E-state index contributed by atoms with van der Waals surface area (Å²) in [5, 5.41) is 5.06. The van der Waals surface area contributed by atoms with E-state index in [9.17, 15) is 14.4 Å². The fourth-order valence-electron chi connectivity index (χ4n) is 1.85. The Morgan fingerprint density at radius 3 is 2.40 bits per heavy atom. The van der Waals surface area contributed by atoms with Gasteiger partial charge in [0.2, 0.25) is 0 Å². The first kappa shape index (κ1) is 18.8. The van der Waals surface area contributed by atoms with Gasteiger partial charge in [0, 0.05) is 11.6 Å². The van der Waals surface area contributed by atoms with Gasteiger partial charge in [-0.15, -0.1) is 0 Å². The first-order valence-electron chi connectivity index (χ1n) is 7.19.